The van der Waals surface area contributed by atoms with Gasteiger partial charge in [0.25, 0.3) is 0 Å². The van der Waals surface area contributed by atoms with Gasteiger partial charge in [0.15, 0.2) is 0 Å². The van der Waals surface area contributed by atoms with E-state index in [0.29, 0.717) is 6.54 Å². The van der Waals surface area contributed by atoms with Gasteiger partial charge in [-0.1, -0.05) is 13.8 Å². The van der Waals surface area contributed by atoms with Crippen LogP contribution in [-0.4, -0.2) is 29.4 Å². The first-order chi connectivity index (χ1) is 12.7. The van der Waals surface area contributed by atoms with Crippen LogP contribution in [0, 0.1) is 19.8 Å². The number of nitrogens with one attached hydrogen (secondary N) is 2. The number of benzene rings is 1. The van der Waals surface area contributed by atoms with Crippen molar-refractivity contribution >= 4 is 16.7 Å². The van der Waals surface area contributed by atoms with Gasteiger partial charge < -0.3 is 14.8 Å². The summed E-state index contributed by atoms with van der Waals surface area (Å²) in [5.74, 6) is 2.36. The van der Waals surface area contributed by atoms with E-state index in [4.69, 9.17) is 9.47 Å². The van der Waals surface area contributed by atoms with Crippen molar-refractivity contribution in [3.05, 3.63) is 41.7 Å². The Balaban J connectivity index is 0.000000791. The third kappa shape index (κ3) is 4.67. The number of hydrogen-bond donors (Lipinski definition) is 2. The van der Waals surface area contributed by atoms with Crippen LogP contribution in [0.15, 0.2) is 30.5 Å². The average molecular weight is 354 g/mol. The summed E-state index contributed by atoms with van der Waals surface area (Å²) < 4.78 is 10.6. The highest BCUT2D eigenvalue weighted by atomic mass is 16.5. The predicted octanol–water partition coefficient (Wildman–Crippen LogP) is 4.17. The van der Waals surface area contributed by atoms with Crippen molar-refractivity contribution in [1.82, 2.24) is 15.2 Å². The minimum absolute atomic E-state index is 0.601. The van der Waals surface area contributed by atoms with Gasteiger partial charge in [0, 0.05) is 30.1 Å². The molecular formula is C20H26N4O2. The first-order valence-electron chi connectivity index (χ1n) is 8.30. The Morgan fingerprint density at radius 2 is 1.85 bits per heavy atom. The molecule has 3 rings (SSSR count). The monoisotopic (exact) mass is 354 g/mol. The molecule has 2 aromatic heterocycles. The molecule has 0 aliphatic rings. The van der Waals surface area contributed by atoms with Crippen LogP contribution in [0.2, 0.25) is 0 Å². The molecule has 26 heavy (non-hydrogen) atoms. The van der Waals surface area contributed by atoms with Gasteiger partial charge in [0.1, 0.15) is 17.3 Å². The lowest BCUT2D eigenvalue weighted by Crippen LogP contribution is -2.04. The zero-order valence-electron chi connectivity index (χ0n) is 16.0. The SMILES string of the molecule is C#C.CC.COc1ccc(CNc2nccc3n[nH]c(C)c23)c(OC)c1. The topological polar surface area (TPSA) is 72.1 Å². The Kier molecular flexibility index (Phi) is 8.51. The van der Waals surface area contributed by atoms with Gasteiger partial charge >= 0.3 is 0 Å². The molecule has 0 bridgehead atoms. The number of hydrogen-bond acceptors (Lipinski definition) is 5. The van der Waals surface area contributed by atoms with Crippen molar-refractivity contribution in [3.63, 3.8) is 0 Å². The molecule has 0 saturated heterocycles. The highest BCUT2D eigenvalue weighted by Crippen LogP contribution is 2.27. The minimum Gasteiger partial charge on any atom is -0.497 e. The van der Waals surface area contributed by atoms with Crippen molar-refractivity contribution < 1.29 is 9.47 Å². The molecule has 0 aliphatic carbocycles. The lowest BCUT2D eigenvalue weighted by atomic mass is 10.2. The molecule has 0 atom stereocenters. The quantitative estimate of drug-likeness (QED) is 0.673. The summed E-state index contributed by atoms with van der Waals surface area (Å²) in [7, 11) is 3.29. The van der Waals surface area contributed by atoms with Crippen molar-refractivity contribution in [2.75, 3.05) is 19.5 Å². The zero-order chi connectivity index (χ0) is 19.5. The van der Waals surface area contributed by atoms with Gasteiger partial charge in [0.2, 0.25) is 0 Å². The highest BCUT2D eigenvalue weighted by Gasteiger charge is 2.10. The number of aromatic nitrogens is 3. The average Bonchev–Trinajstić information content (AvgIpc) is 3.11. The first-order valence-corrected chi connectivity index (χ1v) is 8.30. The molecule has 1 aromatic carbocycles. The molecule has 0 amide bonds. The summed E-state index contributed by atoms with van der Waals surface area (Å²) in [5, 5.41) is 11.6. The second-order valence-corrected chi connectivity index (χ2v) is 4.93. The van der Waals surface area contributed by atoms with Gasteiger partial charge in [0.05, 0.1) is 25.1 Å². The van der Waals surface area contributed by atoms with E-state index in [-0.39, 0.29) is 0 Å². The van der Waals surface area contributed by atoms with Crippen molar-refractivity contribution in [1.29, 1.82) is 0 Å². The second-order valence-electron chi connectivity index (χ2n) is 4.93. The summed E-state index contributed by atoms with van der Waals surface area (Å²) in [6, 6.07) is 7.65. The van der Waals surface area contributed by atoms with E-state index in [9.17, 15) is 0 Å². The Labute approximate surface area is 154 Å². The van der Waals surface area contributed by atoms with E-state index in [1.165, 1.54) is 0 Å². The number of methoxy groups -OCH3 is 2. The standard InChI is InChI=1S/C16H18N4O2.C2H6.C2H2/c1-10-15-13(20-19-10)6-7-17-16(15)18-9-11-4-5-12(21-2)8-14(11)22-3;2*1-2/h4-8H,9H2,1-3H3,(H,17,18)(H,19,20);1-2H3;1-2H. The smallest absolute Gasteiger partial charge is 0.137 e. The predicted molar refractivity (Wildman–Crippen MR) is 107 cm³/mol. The van der Waals surface area contributed by atoms with E-state index in [1.54, 1.807) is 20.4 Å². The number of aryl methyl sites for hydroxylation is 1. The molecule has 0 spiro atoms. The molecule has 0 fully saturated rings. The molecule has 2 N–H and O–H groups in total. The molecule has 3 aromatic rings. The highest BCUT2D eigenvalue weighted by molar-refractivity contribution is 5.91. The molecule has 6 nitrogen and oxygen atoms in total. The fourth-order valence-corrected chi connectivity index (χ4v) is 2.43. The van der Waals surface area contributed by atoms with Gasteiger partial charge in [-0.2, -0.15) is 5.10 Å². The number of rotatable bonds is 5. The van der Waals surface area contributed by atoms with Crippen molar-refractivity contribution in [3.8, 4) is 24.3 Å². The van der Waals surface area contributed by atoms with Crippen LogP contribution < -0.4 is 14.8 Å². The third-order valence-corrected chi connectivity index (χ3v) is 3.59. The molecule has 0 saturated carbocycles. The maximum atomic E-state index is 5.41. The molecule has 2 heterocycles. The second kappa shape index (κ2) is 10.6. The maximum Gasteiger partial charge on any atom is 0.137 e. The van der Waals surface area contributed by atoms with Gasteiger partial charge in [-0.3, -0.25) is 5.10 Å². The summed E-state index contributed by atoms with van der Waals surface area (Å²) in [4.78, 5) is 4.41. The van der Waals surface area contributed by atoms with Crippen LogP contribution in [0.4, 0.5) is 5.82 Å². The lowest BCUT2D eigenvalue weighted by Gasteiger charge is -2.12. The summed E-state index contributed by atoms with van der Waals surface area (Å²) in [6.45, 7) is 6.58. The number of aromatic amines is 1. The van der Waals surface area contributed by atoms with E-state index < -0.39 is 0 Å². The number of anilines is 1. The third-order valence-electron chi connectivity index (χ3n) is 3.59. The molecule has 6 heteroatoms. The van der Waals surface area contributed by atoms with Crippen LogP contribution in [0.3, 0.4) is 0 Å². The van der Waals surface area contributed by atoms with Gasteiger partial charge in [-0.05, 0) is 25.1 Å². The number of fused-ring (bicyclic) bond motifs is 1. The van der Waals surface area contributed by atoms with Crippen molar-refractivity contribution in [2.45, 2.75) is 27.3 Å². The summed E-state index contributed by atoms with van der Waals surface area (Å²) in [5.41, 5.74) is 2.92. The van der Waals surface area contributed by atoms with E-state index in [2.05, 4.69) is 33.3 Å². The Morgan fingerprint density at radius 3 is 2.50 bits per heavy atom. The number of ether oxygens (including phenoxy) is 2. The molecule has 0 radical (unpaired) electrons. The van der Waals surface area contributed by atoms with Crippen LogP contribution in [0.5, 0.6) is 11.5 Å². The van der Waals surface area contributed by atoms with E-state index >= 15 is 0 Å². The Hall–Kier alpha value is -3.20. The molecular weight excluding hydrogens is 328 g/mol. The number of terminal acetylenes is 1. The van der Waals surface area contributed by atoms with E-state index in [1.807, 2.05) is 45.0 Å². The lowest BCUT2D eigenvalue weighted by molar-refractivity contribution is 0.391. The number of nitrogens with zero attached hydrogens (tertiary/aromatic N) is 2. The minimum atomic E-state index is 0.601. The zero-order valence-corrected chi connectivity index (χ0v) is 16.0. The van der Waals surface area contributed by atoms with Crippen LogP contribution >= 0.6 is 0 Å². The number of H-pyrrole nitrogens is 1. The largest absolute Gasteiger partial charge is 0.497 e. The maximum absolute atomic E-state index is 5.41. The summed E-state index contributed by atoms with van der Waals surface area (Å²) >= 11 is 0. The fraction of sp³-hybridized carbons (Fsp3) is 0.300. The van der Waals surface area contributed by atoms with Crippen LogP contribution in [0.1, 0.15) is 25.1 Å². The first kappa shape index (κ1) is 20.8. The molecule has 0 unspecified atom stereocenters. The molecule has 0 aliphatic heterocycles. The normalized spacial score (nSPS) is 9.35. The van der Waals surface area contributed by atoms with Crippen molar-refractivity contribution in [2.24, 2.45) is 0 Å². The fourth-order valence-electron chi connectivity index (χ4n) is 2.43. The summed E-state index contributed by atoms with van der Waals surface area (Å²) in [6.07, 6.45) is 9.75. The number of pyridine rings is 1. The molecule has 138 valence electrons. The van der Waals surface area contributed by atoms with Crippen LogP contribution in [0.25, 0.3) is 10.9 Å². The van der Waals surface area contributed by atoms with Gasteiger partial charge in [-0.15, -0.1) is 12.8 Å². The Morgan fingerprint density at radius 1 is 1.12 bits per heavy atom. The Bertz CT molecular complexity index is 840. The van der Waals surface area contributed by atoms with Gasteiger partial charge in [-0.25, -0.2) is 4.98 Å². The van der Waals surface area contributed by atoms with E-state index in [0.717, 1.165) is 39.5 Å². The van der Waals surface area contributed by atoms with Crippen LogP contribution in [-0.2, 0) is 6.54 Å².